The lowest BCUT2D eigenvalue weighted by Gasteiger charge is -2.01. The van der Waals surface area contributed by atoms with Gasteiger partial charge in [-0.25, -0.2) is 15.0 Å². The van der Waals surface area contributed by atoms with E-state index in [2.05, 4.69) is 67.9 Å². The van der Waals surface area contributed by atoms with Crippen LogP contribution < -0.4 is 0 Å². The molecule has 0 radical (unpaired) electrons. The van der Waals surface area contributed by atoms with Gasteiger partial charge in [0.25, 0.3) is 0 Å². The molecule has 1 aromatic carbocycles. The Balaban J connectivity index is 1.64. The standard InChI is InChI=1S/C17H16BrN5S/c1-9-4-5-12-13(6-9)22-17(21-12)24-8-14-15(18)23-11(3)7-10(2)19-16(23)20-14/h4-7H,8H2,1-3H3,(H,21,22). The van der Waals surface area contributed by atoms with Gasteiger partial charge in [0.15, 0.2) is 5.16 Å². The van der Waals surface area contributed by atoms with E-state index in [0.717, 1.165) is 49.4 Å². The summed E-state index contributed by atoms with van der Waals surface area (Å²) in [5.41, 5.74) is 6.35. The number of aryl methyl sites for hydroxylation is 3. The quantitative estimate of drug-likeness (QED) is 0.510. The predicted octanol–water partition coefficient (Wildman–Crippen LogP) is 4.59. The van der Waals surface area contributed by atoms with Crippen LogP contribution in [0.3, 0.4) is 0 Å². The SMILES string of the molecule is Cc1ccc2nc(SCc3nc4nc(C)cc(C)n4c3Br)[nH]c2c1. The predicted molar refractivity (Wildman–Crippen MR) is 101 cm³/mol. The Labute approximate surface area is 152 Å². The fourth-order valence-electron chi connectivity index (χ4n) is 2.78. The maximum atomic E-state index is 4.66. The Kier molecular flexibility index (Phi) is 3.85. The molecule has 122 valence electrons. The third-order valence-electron chi connectivity index (χ3n) is 3.88. The molecule has 4 rings (SSSR count). The molecule has 3 aromatic heterocycles. The maximum absolute atomic E-state index is 4.66. The van der Waals surface area contributed by atoms with Crippen LogP contribution in [0.2, 0.25) is 0 Å². The number of halogens is 1. The average Bonchev–Trinajstić information content (AvgIpc) is 3.05. The topological polar surface area (TPSA) is 58.9 Å². The molecule has 0 atom stereocenters. The van der Waals surface area contributed by atoms with E-state index in [9.17, 15) is 0 Å². The number of hydrogen-bond donors (Lipinski definition) is 1. The number of thioether (sulfide) groups is 1. The van der Waals surface area contributed by atoms with Gasteiger partial charge in [-0.2, -0.15) is 0 Å². The van der Waals surface area contributed by atoms with Crippen molar-refractivity contribution in [2.45, 2.75) is 31.7 Å². The molecule has 3 heterocycles. The first kappa shape index (κ1) is 15.7. The van der Waals surface area contributed by atoms with Gasteiger partial charge in [-0.15, -0.1) is 0 Å². The van der Waals surface area contributed by atoms with Crippen LogP contribution in [0.5, 0.6) is 0 Å². The fourth-order valence-corrected chi connectivity index (χ4v) is 4.45. The van der Waals surface area contributed by atoms with Gasteiger partial charge in [0, 0.05) is 17.1 Å². The molecule has 4 aromatic rings. The van der Waals surface area contributed by atoms with Crippen molar-refractivity contribution in [1.82, 2.24) is 24.3 Å². The zero-order valence-electron chi connectivity index (χ0n) is 13.6. The summed E-state index contributed by atoms with van der Waals surface area (Å²) in [5.74, 6) is 1.46. The van der Waals surface area contributed by atoms with Gasteiger partial charge in [0.1, 0.15) is 4.60 Å². The van der Waals surface area contributed by atoms with E-state index >= 15 is 0 Å². The van der Waals surface area contributed by atoms with E-state index < -0.39 is 0 Å². The third kappa shape index (κ3) is 2.71. The molecule has 0 spiro atoms. The molecule has 1 N–H and O–H groups in total. The molecule has 0 amide bonds. The van der Waals surface area contributed by atoms with Gasteiger partial charge in [-0.05, 0) is 60.5 Å². The molecule has 24 heavy (non-hydrogen) atoms. The Bertz CT molecular complexity index is 1070. The van der Waals surface area contributed by atoms with Crippen LogP contribution >= 0.6 is 27.7 Å². The molecule has 0 saturated heterocycles. The number of rotatable bonds is 3. The summed E-state index contributed by atoms with van der Waals surface area (Å²) >= 11 is 5.31. The van der Waals surface area contributed by atoms with Gasteiger partial charge >= 0.3 is 0 Å². The fraction of sp³-hybridized carbons (Fsp3) is 0.235. The number of benzene rings is 1. The van der Waals surface area contributed by atoms with E-state index in [0.29, 0.717) is 0 Å². The smallest absolute Gasteiger partial charge is 0.235 e. The summed E-state index contributed by atoms with van der Waals surface area (Å²) in [5, 5.41) is 0.903. The number of nitrogens with zero attached hydrogens (tertiary/aromatic N) is 4. The molecule has 5 nitrogen and oxygen atoms in total. The molecule has 0 aliphatic heterocycles. The van der Waals surface area contributed by atoms with Gasteiger partial charge in [-0.1, -0.05) is 17.8 Å². The van der Waals surface area contributed by atoms with E-state index in [4.69, 9.17) is 0 Å². The minimum absolute atomic E-state index is 0.723. The molecule has 0 aliphatic rings. The summed E-state index contributed by atoms with van der Waals surface area (Å²) in [6, 6.07) is 8.29. The molecular weight excluding hydrogens is 386 g/mol. The number of aromatic nitrogens is 5. The van der Waals surface area contributed by atoms with Crippen molar-refractivity contribution >= 4 is 44.5 Å². The van der Waals surface area contributed by atoms with Gasteiger partial charge in [0.05, 0.1) is 16.7 Å². The minimum atomic E-state index is 0.723. The minimum Gasteiger partial charge on any atom is -0.333 e. The number of aromatic amines is 1. The van der Waals surface area contributed by atoms with Crippen LogP contribution in [0.15, 0.2) is 34.0 Å². The summed E-state index contributed by atoms with van der Waals surface area (Å²) in [6.07, 6.45) is 0. The summed E-state index contributed by atoms with van der Waals surface area (Å²) in [4.78, 5) is 17.2. The van der Waals surface area contributed by atoms with Crippen molar-refractivity contribution in [1.29, 1.82) is 0 Å². The molecule has 0 unspecified atom stereocenters. The van der Waals surface area contributed by atoms with Crippen LogP contribution in [0, 0.1) is 20.8 Å². The van der Waals surface area contributed by atoms with E-state index in [1.54, 1.807) is 11.8 Å². The van der Waals surface area contributed by atoms with E-state index in [1.807, 2.05) is 17.4 Å². The van der Waals surface area contributed by atoms with E-state index in [1.165, 1.54) is 5.56 Å². The summed E-state index contributed by atoms with van der Waals surface area (Å²) < 4.78 is 2.99. The molecular formula is C17H16BrN5S. The second-order valence-corrected chi connectivity index (χ2v) is 7.59. The highest BCUT2D eigenvalue weighted by Crippen LogP contribution is 2.28. The van der Waals surface area contributed by atoms with Crippen LogP contribution in [0.4, 0.5) is 0 Å². The third-order valence-corrected chi connectivity index (χ3v) is 5.57. The molecule has 0 bridgehead atoms. The number of nitrogens with one attached hydrogen (secondary N) is 1. The van der Waals surface area contributed by atoms with Crippen LogP contribution in [0.1, 0.15) is 22.6 Å². The van der Waals surface area contributed by atoms with Gasteiger partial charge in [0.2, 0.25) is 5.78 Å². The average molecular weight is 402 g/mol. The Morgan fingerprint density at radius 2 is 1.96 bits per heavy atom. The summed E-state index contributed by atoms with van der Waals surface area (Å²) in [7, 11) is 0. The zero-order chi connectivity index (χ0) is 16.8. The van der Waals surface area contributed by atoms with E-state index in [-0.39, 0.29) is 0 Å². The lowest BCUT2D eigenvalue weighted by Crippen LogP contribution is -1.96. The molecule has 7 heteroatoms. The van der Waals surface area contributed by atoms with Gasteiger partial charge < -0.3 is 4.98 Å². The monoisotopic (exact) mass is 401 g/mol. The zero-order valence-corrected chi connectivity index (χ0v) is 16.0. The van der Waals surface area contributed by atoms with Crippen molar-refractivity contribution < 1.29 is 0 Å². The molecule has 0 aliphatic carbocycles. The normalized spacial score (nSPS) is 11.7. The number of imidazole rings is 2. The largest absolute Gasteiger partial charge is 0.333 e. The highest BCUT2D eigenvalue weighted by atomic mass is 79.9. The second-order valence-electron chi connectivity index (χ2n) is 5.87. The van der Waals surface area contributed by atoms with Crippen molar-refractivity contribution in [2.75, 3.05) is 0 Å². The van der Waals surface area contributed by atoms with Crippen molar-refractivity contribution in [2.24, 2.45) is 0 Å². The molecule has 0 saturated carbocycles. The summed E-state index contributed by atoms with van der Waals surface area (Å²) in [6.45, 7) is 6.13. The number of fused-ring (bicyclic) bond motifs is 2. The highest BCUT2D eigenvalue weighted by molar-refractivity contribution is 9.10. The van der Waals surface area contributed by atoms with Crippen LogP contribution in [0.25, 0.3) is 16.8 Å². The first-order valence-electron chi connectivity index (χ1n) is 7.61. The van der Waals surface area contributed by atoms with Crippen LogP contribution in [-0.4, -0.2) is 24.3 Å². The Morgan fingerprint density at radius 1 is 1.12 bits per heavy atom. The van der Waals surface area contributed by atoms with Crippen LogP contribution in [-0.2, 0) is 5.75 Å². The Morgan fingerprint density at radius 3 is 2.79 bits per heavy atom. The first-order valence-corrected chi connectivity index (χ1v) is 9.39. The number of H-pyrrole nitrogens is 1. The molecule has 0 fully saturated rings. The highest BCUT2D eigenvalue weighted by Gasteiger charge is 2.14. The maximum Gasteiger partial charge on any atom is 0.235 e. The van der Waals surface area contributed by atoms with Gasteiger partial charge in [-0.3, -0.25) is 4.40 Å². The lowest BCUT2D eigenvalue weighted by atomic mass is 10.2. The van der Waals surface area contributed by atoms with Crippen molar-refractivity contribution in [3.8, 4) is 0 Å². The van der Waals surface area contributed by atoms with Crippen molar-refractivity contribution in [3.05, 3.63) is 51.5 Å². The first-order chi connectivity index (χ1) is 11.5. The van der Waals surface area contributed by atoms with Crippen molar-refractivity contribution in [3.63, 3.8) is 0 Å². The lowest BCUT2D eigenvalue weighted by molar-refractivity contribution is 0.996. The second kappa shape index (κ2) is 5.89. The Hall–Kier alpha value is -1.86. The number of hydrogen-bond acceptors (Lipinski definition) is 4.